The fourth-order valence-corrected chi connectivity index (χ4v) is 2.71. The summed E-state index contributed by atoms with van der Waals surface area (Å²) in [5.74, 6) is 0.980. The van der Waals surface area contributed by atoms with Crippen molar-refractivity contribution in [3.05, 3.63) is 0 Å². The maximum absolute atomic E-state index is 4.72. The van der Waals surface area contributed by atoms with Gasteiger partial charge in [0.15, 0.2) is 5.96 Å². The summed E-state index contributed by atoms with van der Waals surface area (Å²) in [6.07, 6.45) is 3.69. The van der Waals surface area contributed by atoms with Crippen molar-refractivity contribution in [2.24, 2.45) is 4.99 Å². The summed E-state index contributed by atoms with van der Waals surface area (Å²) in [5, 5.41) is 6.99. The highest BCUT2D eigenvalue weighted by molar-refractivity contribution is 5.80. The van der Waals surface area contributed by atoms with Crippen LogP contribution in [0, 0.1) is 0 Å². The molecule has 0 aromatic rings. The van der Waals surface area contributed by atoms with Crippen LogP contribution in [0.4, 0.5) is 0 Å². The van der Waals surface area contributed by atoms with Gasteiger partial charge in [-0.15, -0.1) is 0 Å². The number of rotatable bonds is 8. The van der Waals surface area contributed by atoms with Gasteiger partial charge < -0.3 is 20.4 Å². The standard InChI is InChI=1S/C17H37N5/c1-6-11-22-12-8-16(9-13-22)20-17(18-7-2)19-10-14-21(5)15(3)4/h15-16H,6-14H2,1-5H3,(H2,18,19,20). The molecular weight excluding hydrogens is 274 g/mol. The molecule has 22 heavy (non-hydrogen) atoms. The summed E-state index contributed by atoms with van der Waals surface area (Å²) >= 11 is 0. The fraction of sp³-hybridized carbons (Fsp3) is 0.941. The van der Waals surface area contributed by atoms with E-state index in [4.69, 9.17) is 4.99 Å². The largest absolute Gasteiger partial charge is 0.357 e. The lowest BCUT2D eigenvalue weighted by molar-refractivity contribution is 0.206. The average molecular weight is 312 g/mol. The van der Waals surface area contributed by atoms with E-state index in [1.54, 1.807) is 0 Å². The summed E-state index contributed by atoms with van der Waals surface area (Å²) in [6.45, 7) is 15.2. The van der Waals surface area contributed by atoms with E-state index in [1.807, 2.05) is 0 Å². The van der Waals surface area contributed by atoms with E-state index in [-0.39, 0.29) is 0 Å². The number of aliphatic imine (C=N–C) groups is 1. The smallest absolute Gasteiger partial charge is 0.191 e. The molecule has 0 radical (unpaired) electrons. The van der Waals surface area contributed by atoms with Gasteiger partial charge in [-0.05, 0) is 53.6 Å². The van der Waals surface area contributed by atoms with Crippen molar-refractivity contribution in [1.82, 2.24) is 20.4 Å². The molecule has 0 aromatic carbocycles. The third-order valence-corrected chi connectivity index (χ3v) is 4.42. The Morgan fingerprint density at radius 2 is 1.95 bits per heavy atom. The van der Waals surface area contributed by atoms with E-state index in [0.29, 0.717) is 12.1 Å². The molecule has 0 spiro atoms. The first-order valence-electron chi connectivity index (χ1n) is 9.04. The number of piperidine rings is 1. The minimum atomic E-state index is 0.564. The van der Waals surface area contributed by atoms with Crippen molar-refractivity contribution < 1.29 is 0 Å². The molecule has 0 bridgehead atoms. The maximum atomic E-state index is 4.72. The van der Waals surface area contributed by atoms with Crippen LogP contribution < -0.4 is 10.6 Å². The van der Waals surface area contributed by atoms with Gasteiger partial charge in [0.1, 0.15) is 0 Å². The van der Waals surface area contributed by atoms with E-state index in [2.05, 4.69) is 55.2 Å². The quantitative estimate of drug-likeness (QED) is 0.529. The Hall–Kier alpha value is -0.810. The summed E-state index contributed by atoms with van der Waals surface area (Å²) in [4.78, 5) is 9.62. The SMILES string of the molecule is CCCN1CCC(NC(=NCCN(C)C(C)C)NCC)CC1. The topological polar surface area (TPSA) is 42.9 Å². The second kappa shape index (κ2) is 10.8. The number of likely N-dealkylation sites (tertiary alicyclic amines) is 1. The van der Waals surface area contributed by atoms with E-state index in [9.17, 15) is 0 Å². The van der Waals surface area contributed by atoms with Crippen LogP contribution in [0.25, 0.3) is 0 Å². The van der Waals surface area contributed by atoms with Crippen molar-refractivity contribution in [2.75, 3.05) is 46.3 Å². The molecule has 0 saturated carbocycles. The van der Waals surface area contributed by atoms with Crippen LogP contribution in [0.15, 0.2) is 4.99 Å². The third kappa shape index (κ3) is 7.45. The van der Waals surface area contributed by atoms with Crippen LogP contribution in [0.5, 0.6) is 0 Å². The number of likely N-dealkylation sites (N-methyl/N-ethyl adjacent to an activating group) is 1. The molecule has 0 aromatic heterocycles. The Balaban J connectivity index is 2.37. The highest BCUT2D eigenvalue weighted by Crippen LogP contribution is 2.10. The maximum Gasteiger partial charge on any atom is 0.191 e. The van der Waals surface area contributed by atoms with Gasteiger partial charge in [-0.2, -0.15) is 0 Å². The zero-order valence-corrected chi connectivity index (χ0v) is 15.4. The van der Waals surface area contributed by atoms with Gasteiger partial charge in [-0.25, -0.2) is 0 Å². The number of hydrogen-bond donors (Lipinski definition) is 2. The van der Waals surface area contributed by atoms with E-state index in [0.717, 1.165) is 25.6 Å². The molecule has 5 nitrogen and oxygen atoms in total. The van der Waals surface area contributed by atoms with Gasteiger partial charge in [-0.1, -0.05) is 6.92 Å². The highest BCUT2D eigenvalue weighted by atomic mass is 15.2. The van der Waals surface area contributed by atoms with Crippen molar-refractivity contribution >= 4 is 5.96 Å². The highest BCUT2D eigenvalue weighted by Gasteiger charge is 2.19. The number of hydrogen-bond acceptors (Lipinski definition) is 3. The lowest BCUT2D eigenvalue weighted by Crippen LogP contribution is -2.49. The molecule has 1 fully saturated rings. The average Bonchev–Trinajstić information content (AvgIpc) is 2.49. The Morgan fingerprint density at radius 1 is 1.27 bits per heavy atom. The molecule has 0 atom stereocenters. The van der Waals surface area contributed by atoms with Crippen molar-refractivity contribution in [3.8, 4) is 0 Å². The van der Waals surface area contributed by atoms with E-state index in [1.165, 1.54) is 38.9 Å². The molecule has 2 N–H and O–H groups in total. The van der Waals surface area contributed by atoms with Crippen LogP contribution in [-0.4, -0.2) is 74.2 Å². The van der Waals surface area contributed by atoms with Crippen molar-refractivity contribution in [2.45, 2.75) is 59.0 Å². The lowest BCUT2D eigenvalue weighted by atomic mass is 10.1. The molecule has 1 rings (SSSR count). The molecule has 1 aliphatic heterocycles. The Labute approximate surface area is 137 Å². The van der Waals surface area contributed by atoms with E-state index < -0.39 is 0 Å². The molecule has 1 saturated heterocycles. The predicted octanol–water partition coefficient (Wildman–Crippen LogP) is 1.76. The predicted molar refractivity (Wildman–Crippen MR) is 96.6 cm³/mol. The zero-order valence-electron chi connectivity index (χ0n) is 15.4. The minimum Gasteiger partial charge on any atom is -0.357 e. The monoisotopic (exact) mass is 311 g/mol. The first-order valence-corrected chi connectivity index (χ1v) is 9.04. The van der Waals surface area contributed by atoms with E-state index >= 15 is 0 Å². The van der Waals surface area contributed by atoms with Gasteiger partial charge in [-0.3, -0.25) is 4.99 Å². The molecule has 130 valence electrons. The van der Waals surface area contributed by atoms with Gasteiger partial charge in [0.05, 0.1) is 6.54 Å². The first-order chi connectivity index (χ1) is 10.6. The Bertz CT molecular complexity index is 308. The first kappa shape index (κ1) is 19.2. The molecule has 1 aliphatic rings. The molecule has 5 heteroatoms. The fourth-order valence-electron chi connectivity index (χ4n) is 2.71. The van der Waals surface area contributed by atoms with Crippen LogP contribution in [0.1, 0.15) is 47.0 Å². The molecule has 0 unspecified atom stereocenters. The Kier molecular flexibility index (Phi) is 9.48. The summed E-state index contributed by atoms with van der Waals surface area (Å²) in [7, 11) is 2.16. The van der Waals surface area contributed by atoms with Gasteiger partial charge >= 0.3 is 0 Å². The van der Waals surface area contributed by atoms with Crippen LogP contribution in [0.2, 0.25) is 0 Å². The summed E-state index contributed by atoms with van der Waals surface area (Å²) in [5.41, 5.74) is 0. The van der Waals surface area contributed by atoms with Crippen LogP contribution >= 0.6 is 0 Å². The summed E-state index contributed by atoms with van der Waals surface area (Å²) < 4.78 is 0. The second-order valence-corrected chi connectivity index (χ2v) is 6.60. The zero-order chi connectivity index (χ0) is 16.4. The van der Waals surface area contributed by atoms with Gasteiger partial charge in [0.2, 0.25) is 0 Å². The van der Waals surface area contributed by atoms with Crippen LogP contribution in [-0.2, 0) is 0 Å². The molecule has 0 amide bonds. The molecular formula is C17H37N5. The summed E-state index contributed by atoms with van der Waals surface area (Å²) in [6, 6.07) is 1.14. The molecule has 1 heterocycles. The normalized spacial score (nSPS) is 18.2. The van der Waals surface area contributed by atoms with Crippen molar-refractivity contribution in [1.29, 1.82) is 0 Å². The number of nitrogens with zero attached hydrogens (tertiary/aromatic N) is 3. The lowest BCUT2D eigenvalue weighted by Gasteiger charge is -2.32. The van der Waals surface area contributed by atoms with Gasteiger partial charge in [0, 0.05) is 38.3 Å². The van der Waals surface area contributed by atoms with Crippen LogP contribution in [0.3, 0.4) is 0 Å². The van der Waals surface area contributed by atoms with Crippen molar-refractivity contribution in [3.63, 3.8) is 0 Å². The second-order valence-electron chi connectivity index (χ2n) is 6.60. The minimum absolute atomic E-state index is 0.564. The number of nitrogens with one attached hydrogen (secondary N) is 2. The Morgan fingerprint density at radius 3 is 2.50 bits per heavy atom. The molecule has 0 aliphatic carbocycles. The van der Waals surface area contributed by atoms with Gasteiger partial charge in [0.25, 0.3) is 0 Å². The number of guanidine groups is 1. The third-order valence-electron chi connectivity index (χ3n) is 4.42.